The number of fused-ring (bicyclic) bond motifs is 1. The predicted octanol–water partition coefficient (Wildman–Crippen LogP) is 5.99. The van der Waals surface area contributed by atoms with Gasteiger partial charge in [-0.2, -0.15) is 5.26 Å². The summed E-state index contributed by atoms with van der Waals surface area (Å²) in [7, 11) is 0. The second-order valence-electron chi connectivity index (χ2n) is 14.2. The van der Waals surface area contributed by atoms with Crippen LogP contribution in [0.2, 0.25) is 0 Å². The van der Waals surface area contributed by atoms with Gasteiger partial charge in [-0.15, -0.1) is 11.3 Å². The van der Waals surface area contributed by atoms with Gasteiger partial charge in [0.15, 0.2) is 12.2 Å². The van der Waals surface area contributed by atoms with Gasteiger partial charge in [0, 0.05) is 25.7 Å². The van der Waals surface area contributed by atoms with Crippen molar-refractivity contribution in [2.75, 3.05) is 18.5 Å². The summed E-state index contributed by atoms with van der Waals surface area (Å²) < 4.78 is 7.35. The van der Waals surface area contributed by atoms with E-state index in [9.17, 15) is 20.0 Å². The lowest BCUT2D eigenvalue weighted by molar-refractivity contribution is -0.127. The summed E-state index contributed by atoms with van der Waals surface area (Å²) in [5, 5.41) is 26.2. The molecule has 47 heavy (non-hydrogen) atoms. The Morgan fingerprint density at radius 2 is 2.00 bits per heavy atom. The second kappa shape index (κ2) is 13.8. The molecule has 12 heteroatoms. The van der Waals surface area contributed by atoms with Gasteiger partial charge in [-0.05, 0) is 53.5 Å². The quantitative estimate of drug-likeness (QED) is 0.139. The molecule has 248 valence electrons. The molecule has 1 aromatic carbocycles. The Hall–Kier alpha value is -4.31. The van der Waals surface area contributed by atoms with Crippen LogP contribution >= 0.6 is 11.3 Å². The number of allylic oxidation sites excluding steroid dienone is 1. The van der Waals surface area contributed by atoms with Crippen molar-refractivity contribution in [1.29, 1.82) is 5.26 Å². The van der Waals surface area contributed by atoms with Gasteiger partial charge in [0.25, 0.3) is 11.8 Å². The number of nitrogens with zero attached hydrogens (tertiary/aromatic N) is 5. The standard InChI is InChI=1S/C35H43N7O4S/c1-34(2,3)15-23(16-36)32(45)41-13-7-8-24(41)19-42-26-10-9-22(17-38-30(20-43)35(4,5)6)14-25(26)39-33(42)40-31(44)29-12-11-28(47-29)27-18-37-21-46-27/h9-12,14-15,18,21,24,30,38,43H,7-8,13,17,19-20H2,1-6H3,(H,39,40,44)/b23-15-/t24-,30-/m1/s1. The first-order chi connectivity index (χ1) is 22.3. The van der Waals surface area contributed by atoms with Crippen molar-refractivity contribution in [3.05, 3.63) is 65.0 Å². The second-order valence-corrected chi connectivity index (χ2v) is 15.2. The Morgan fingerprint density at radius 3 is 2.66 bits per heavy atom. The number of carbonyl (C=O) groups excluding carboxylic acids is 2. The Labute approximate surface area is 279 Å². The molecule has 4 aromatic rings. The summed E-state index contributed by atoms with van der Waals surface area (Å²) in [5.74, 6) is 0.372. The molecule has 3 aromatic heterocycles. The summed E-state index contributed by atoms with van der Waals surface area (Å²) in [4.78, 5) is 39.0. The first kappa shape index (κ1) is 34.0. The molecular formula is C35H43N7O4S. The van der Waals surface area contributed by atoms with Gasteiger partial charge >= 0.3 is 0 Å². The normalized spacial score (nSPS) is 16.4. The number of amides is 2. The van der Waals surface area contributed by atoms with Gasteiger partial charge in [-0.3, -0.25) is 14.9 Å². The van der Waals surface area contributed by atoms with E-state index in [0.717, 1.165) is 28.8 Å². The fourth-order valence-corrected chi connectivity index (χ4v) is 6.63. The molecule has 1 saturated heterocycles. The lowest BCUT2D eigenvalue weighted by Gasteiger charge is -2.30. The number of hydrogen-bond acceptors (Lipinski definition) is 9. The minimum Gasteiger partial charge on any atom is -0.443 e. The van der Waals surface area contributed by atoms with E-state index in [1.807, 2.05) is 49.6 Å². The van der Waals surface area contributed by atoms with Crippen LogP contribution in [0.1, 0.15) is 69.6 Å². The fourth-order valence-electron chi connectivity index (χ4n) is 5.78. The van der Waals surface area contributed by atoms with Crippen LogP contribution < -0.4 is 10.6 Å². The highest BCUT2D eigenvalue weighted by Gasteiger charge is 2.33. The number of imidazole rings is 1. The Balaban J connectivity index is 1.46. The maximum atomic E-state index is 13.6. The van der Waals surface area contributed by atoms with Crippen LogP contribution in [-0.4, -0.2) is 61.6 Å². The van der Waals surface area contributed by atoms with Crippen LogP contribution in [0.3, 0.4) is 0 Å². The molecule has 4 heterocycles. The number of benzene rings is 1. The van der Waals surface area contributed by atoms with Crippen molar-refractivity contribution < 1.29 is 19.1 Å². The van der Waals surface area contributed by atoms with E-state index in [-0.39, 0.29) is 46.9 Å². The Morgan fingerprint density at radius 1 is 1.21 bits per heavy atom. The number of carbonyl (C=O) groups is 2. The number of rotatable bonds is 10. The third kappa shape index (κ3) is 7.99. The van der Waals surface area contributed by atoms with Crippen molar-refractivity contribution in [2.24, 2.45) is 10.8 Å². The van der Waals surface area contributed by atoms with Crippen molar-refractivity contribution >= 4 is 40.1 Å². The smallest absolute Gasteiger partial charge is 0.268 e. The average Bonchev–Trinajstić information content (AvgIpc) is 3.82. The highest BCUT2D eigenvalue weighted by atomic mass is 32.1. The molecule has 11 nitrogen and oxygen atoms in total. The topological polar surface area (TPSA) is 149 Å². The molecule has 0 radical (unpaired) electrons. The summed E-state index contributed by atoms with van der Waals surface area (Å²) in [5.41, 5.74) is 2.21. The number of aliphatic hydroxyl groups is 1. The zero-order valence-corrected chi connectivity index (χ0v) is 28.6. The number of hydrogen-bond donors (Lipinski definition) is 3. The van der Waals surface area contributed by atoms with Gasteiger partial charge < -0.3 is 24.3 Å². The van der Waals surface area contributed by atoms with Crippen LogP contribution in [0, 0.1) is 22.2 Å². The largest absolute Gasteiger partial charge is 0.443 e. The van der Waals surface area contributed by atoms with Gasteiger partial charge in [-0.25, -0.2) is 9.97 Å². The molecule has 1 fully saturated rings. The van der Waals surface area contributed by atoms with E-state index in [1.54, 1.807) is 23.2 Å². The summed E-state index contributed by atoms with van der Waals surface area (Å²) in [6.07, 6.45) is 6.26. The van der Waals surface area contributed by atoms with Gasteiger partial charge in [0.05, 0.1) is 39.6 Å². The van der Waals surface area contributed by atoms with Crippen LogP contribution in [0.5, 0.6) is 0 Å². The number of aliphatic hydroxyl groups excluding tert-OH is 1. The zero-order chi connectivity index (χ0) is 33.9. The van der Waals surface area contributed by atoms with Gasteiger partial charge in [-0.1, -0.05) is 53.7 Å². The molecule has 0 bridgehead atoms. The SMILES string of the molecule is CC(C)(C)/C=C(/C#N)C(=O)N1CCC[C@@H]1Cn1c(NC(=O)c2ccc(-c3cnco3)s2)nc2cc(CN[C@H](CO)C(C)(C)C)ccc21. The number of likely N-dealkylation sites (tertiary alicyclic amines) is 1. The molecule has 0 saturated carbocycles. The number of nitriles is 1. The molecule has 5 rings (SSSR count). The third-order valence-corrected chi connectivity index (χ3v) is 9.38. The molecule has 2 amide bonds. The lowest BCUT2D eigenvalue weighted by atomic mass is 9.87. The number of anilines is 1. The minimum atomic E-state index is -0.320. The monoisotopic (exact) mass is 657 g/mol. The van der Waals surface area contributed by atoms with E-state index in [2.05, 4.69) is 42.5 Å². The van der Waals surface area contributed by atoms with Crippen LogP contribution in [0.4, 0.5) is 5.95 Å². The molecule has 0 aliphatic carbocycles. The zero-order valence-electron chi connectivity index (χ0n) is 27.8. The molecular weight excluding hydrogens is 614 g/mol. The van der Waals surface area contributed by atoms with E-state index >= 15 is 0 Å². The molecule has 1 aliphatic heterocycles. The van der Waals surface area contributed by atoms with Crippen LogP contribution in [-0.2, 0) is 17.9 Å². The third-order valence-electron chi connectivity index (χ3n) is 8.28. The minimum absolute atomic E-state index is 0.0203. The van der Waals surface area contributed by atoms with E-state index < -0.39 is 0 Å². The number of thiophene rings is 1. The Kier molecular flexibility index (Phi) is 10.0. The highest BCUT2D eigenvalue weighted by molar-refractivity contribution is 7.17. The molecule has 3 N–H and O–H groups in total. The molecule has 0 spiro atoms. The first-order valence-corrected chi connectivity index (χ1v) is 16.7. The maximum absolute atomic E-state index is 13.6. The number of nitrogens with one attached hydrogen (secondary N) is 2. The van der Waals surface area contributed by atoms with Crippen molar-refractivity contribution in [1.82, 2.24) is 24.8 Å². The van der Waals surface area contributed by atoms with Gasteiger partial charge in [0.2, 0.25) is 5.95 Å². The van der Waals surface area contributed by atoms with Crippen molar-refractivity contribution in [3.8, 4) is 16.7 Å². The predicted molar refractivity (Wildman–Crippen MR) is 183 cm³/mol. The van der Waals surface area contributed by atoms with Gasteiger partial charge in [0.1, 0.15) is 11.6 Å². The number of aromatic nitrogens is 3. The Bertz CT molecular complexity index is 1800. The van der Waals surface area contributed by atoms with Crippen LogP contribution in [0.25, 0.3) is 21.7 Å². The molecule has 0 unspecified atom stereocenters. The molecule has 1 aliphatic rings. The molecule has 2 atom stereocenters. The number of oxazole rings is 1. The van der Waals surface area contributed by atoms with Crippen LogP contribution in [0.15, 0.2) is 59.0 Å². The van der Waals surface area contributed by atoms with E-state index in [0.29, 0.717) is 41.7 Å². The lowest BCUT2D eigenvalue weighted by Crippen LogP contribution is -2.42. The first-order valence-electron chi connectivity index (χ1n) is 15.8. The summed E-state index contributed by atoms with van der Waals surface area (Å²) in [6.45, 7) is 13.6. The van der Waals surface area contributed by atoms with E-state index in [1.165, 1.54) is 17.7 Å². The summed E-state index contributed by atoms with van der Waals surface area (Å²) in [6, 6.07) is 11.4. The van der Waals surface area contributed by atoms with Crippen molar-refractivity contribution in [3.63, 3.8) is 0 Å². The summed E-state index contributed by atoms with van der Waals surface area (Å²) >= 11 is 1.29. The van der Waals surface area contributed by atoms with E-state index in [4.69, 9.17) is 9.40 Å². The average molecular weight is 658 g/mol. The fraction of sp³-hybridized carbons (Fsp3) is 0.457. The maximum Gasteiger partial charge on any atom is 0.268 e. The van der Waals surface area contributed by atoms with Crippen molar-refractivity contribution in [2.45, 2.75) is 79.6 Å². The highest BCUT2D eigenvalue weighted by Crippen LogP contribution is 2.31.